The van der Waals surface area contributed by atoms with Crippen LogP contribution in [0.5, 0.6) is 0 Å². The van der Waals surface area contributed by atoms with Gasteiger partial charge in [-0.25, -0.2) is 0 Å². The summed E-state index contributed by atoms with van der Waals surface area (Å²) < 4.78 is 0. The molecule has 6 heteroatoms. The van der Waals surface area contributed by atoms with Gasteiger partial charge in [0.1, 0.15) is 5.69 Å². The van der Waals surface area contributed by atoms with Gasteiger partial charge in [-0.2, -0.15) is 0 Å². The van der Waals surface area contributed by atoms with E-state index >= 15 is 0 Å². The van der Waals surface area contributed by atoms with Gasteiger partial charge in [0, 0.05) is 16.7 Å². The van der Waals surface area contributed by atoms with E-state index in [0.29, 0.717) is 16.3 Å². The van der Waals surface area contributed by atoms with Crippen molar-refractivity contribution >= 4 is 23.2 Å². The summed E-state index contributed by atoms with van der Waals surface area (Å²) in [5.41, 5.74) is 6.21. The molecular weight excluding hydrogens is 290 g/mol. The number of aromatic amines is 1. The molecule has 1 heterocycles. The van der Waals surface area contributed by atoms with Crippen LogP contribution >= 0.6 is 11.6 Å². The van der Waals surface area contributed by atoms with Gasteiger partial charge in [-0.05, 0) is 24.3 Å². The van der Waals surface area contributed by atoms with Crippen LogP contribution in [-0.4, -0.2) is 17.4 Å². The highest BCUT2D eigenvalue weighted by atomic mass is 35.5. The van der Waals surface area contributed by atoms with E-state index in [1.165, 1.54) is 18.2 Å². The van der Waals surface area contributed by atoms with Gasteiger partial charge in [0.15, 0.2) is 0 Å². The summed E-state index contributed by atoms with van der Waals surface area (Å²) in [6, 6.07) is 9.26. The van der Waals surface area contributed by atoms with Gasteiger partial charge < -0.3 is 16.0 Å². The lowest BCUT2D eigenvalue weighted by molar-refractivity contribution is 0.102. The van der Waals surface area contributed by atoms with Crippen LogP contribution < -0.4 is 16.6 Å². The molecule has 106 valence electrons. The summed E-state index contributed by atoms with van der Waals surface area (Å²) in [6.07, 6.45) is 0. The molecule has 0 saturated carbocycles. The Kier molecular flexibility index (Phi) is 4.77. The molecule has 0 bridgehead atoms. The second-order valence-electron chi connectivity index (χ2n) is 4.08. The lowest BCUT2D eigenvalue weighted by atomic mass is 10.1. The number of hydrogen-bond donors (Lipinski definition) is 3. The molecule has 0 saturated heterocycles. The first-order chi connectivity index (χ1) is 10.1. The van der Waals surface area contributed by atoms with Crippen LogP contribution in [0.15, 0.2) is 41.2 Å². The molecule has 0 spiro atoms. The predicted octanol–water partition coefficient (Wildman–Crippen LogP) is 1.59. The molecule has 0 aliphatic heterocycles. The van der Waals surface area contributed by atoms with Crippen LogP contribution in [0, 0.1) is 11.8 Å². The number of aromatic nitrogens is 1. The van der Waals surface area contributed by atoms with E-state index in [1.54, 1.807) is 18.2 Å². The van der Waals surface area contributed by atoms with E-state index in [-0.39, 0.29) is 17.8 Å². The first-order valence-electron chi connectivity index (χ1n) is 6.09. The van der Waals surface area contributed by atoms with Crippen LogP contribution in [-0.2, 0) is 0 Å². The van der Waals surface area contributed by atoms with Gasteiger partial charge in [0.25, 0.3) is 5.91 Å². The van der Waals surface area contributed by atoms with Crippen LogP contribution in [0.4, 0.5) is 5.69 Å². The summed E-state index contributed by atoms with van der Waals surface area (Å²) >= 11 is 5.91. The molecule has 5 nitrogen and oxygen atoms in total. The fourth-order valence-electron chi connectivity index (χ4n) is 1.65. The molecule has 0 aliphatic carbocycles. The number of carbonyl (C=O) groups is 1. The second-order valence-corrected chi connectivity index (χ2v) is 4.52. The van der Waals surface area contributed by atoms with Crippen LogP contribution in [0.3, 0.4) is 0 Å². The molecule has 0 atom stereocenters. The number of rotatable bonds is 2. The zero-order valence-electron chi connectivity index (χ0n) is 10.9. The van der Waals surface area contributed by atoms with Crippen molar-refractivity contribution in [2.45, 2.75) is 0 Å². The standard InChI is InChI=1S/C15H12ClN3O2/c16-11-6-7-12(10(9-11)3-2-8-17)19-15(21)13-4-1-5-14(20)18-13/h1,4-7,9H,8,17H2,(H,18,20)(H,19,21). The molecule has 4 N–H and O–H groups in total. The number of amides is 1. The van der Waals surface area contributed by atoms with Crippen LogP contribution in [0.2, 0.25) is 5.02 Å². The number of anilines is 1. The predicted molar refractivity (Wildman–Crippen MR) is 82.4 cm³/mol. The highest BCUT2D eigenvalue weighted by Gasteiger charge is 2.09. The topological polar surface area (TPSA) is 88.0 Å². The minimum absolute atomic E-state index is 0.162. The quantitative estimate of drug-likeness (QED) is 0.736. The van der Waals surface area contributed by atoms with E-state index in [2.05, 4.69) is 22.1 Å². The fraction of sp³-hybridized carbons (Fsp3) is 0.0667. The van der Waals surface area contributed by atoms with Crippen molar-refractivity contribution in [3.05, 3.63) is 63.0 Å². The van der Waals surface area contributed by atoms with Crippen molar-refractivity contribution in [2.24, 2.45) is 5.73 Å². The number of hydrogen-bond acceptors (Lipinski definition) is 3. The summed E-state index contributed by atoms with van der Waals surface area (Å²) in [4.78, 5) is 25.8. The van der Waals surface area contributed by atoms with E-state index in [1.807, 2.05) is 0 Å². The van der Waals surface area contributed by atoms with Crippen molar-refractivity contribution in [3.8, 4) is 11.8 Å². The molecule has 2 aromatic rings. The van der Waals surface area contributed by atoms with Gasteiger partial charge >= 0.3 is 0 Å². The number of nitrogens with one attached hydrogen (secondary N) is 2. The highest BCUT2D eigenvalue weighted by Crippen LogP contribution is 2.20. The average molecular weight is 302 g/mol. The highest BCUT2D eigenvalue weighted by molar-refractivity contribution is 6.30. The Morgan fingerprint density at radius 1 is 1.33 bits per heavy atom. The number of pyridine rings is 1. The third kappa shape index (κ3) is 3.96. The number of carbonyl (C=O) groups excluding carboxylic acids is 1. The van der Waals surface area contributed by atoms with Crippen LogP contribution in [0.25, 0.3) is 0 Å². The second kappa shape index (κ2) is 6.75. The molecule has 0 radical (unpaired) electrons. The maximum Gasteiger partial charge on any atom is 0.272 e. The first-order valence-corrected chi connectivity index (χ1v) is 6.47. The molecule has 1 aromatic heterocycles. The number of nitrogens with two attached hydrogens (primary N) is 1. The molecule has 0 fully saturated rings. The Morgan fingerprint density at radius 2 is 2.14 bits per heavy atom. The SMILES string of the molecule is NCC#Cc1cc(Cl)ccc1NC(=O)c1cccc(=O)[nH]1. The Bertz CT molecular complexity index is 787. The monoisotopic (exact) mass is 301 g/mol. The molecule has 1 aromatic carbocycles. The molecule has 1 amide bonds. The minimum Gasteiger partial charge on any atom is -0.320 e. The van der Waals surface area contributed by atoms with Crippen molar-refractivity contribution in [3.63, 3.8) is 0 Å². The van der Waals surface area contributed by atoms with Crippen LogP contribution in [0.1, 0.15) is 16.1 Å². The van der Waals surface area contributed by atoms with Crippen molar-refractivity contribution < 1.29 is 4.79 Å². The summed E-state index contributed by atoms with van der Waals surface area (Å²) in [7, 11) is 0. The lowest BCUT2D eigenvalue weighted by Crippen LogP contribution is -2.18. The molecule has 0 unspecified atom stereocenters. The molecule has 2 rings (SSSR count). The maximum atomic E-state index is 12.1. The Labute approximate surface area is 126 Å². The zero-order chi connectivity index (χ0) is 15.2. The first kappa shape index (κ1) is 14.9. The van der Waals surface area contributed by atoms with E-state index < -0.39 is 5.91 Å². The number of H-pyrrole nitrogens is 1. The maximum absolute atomic E-state index is 12.1. The Hall–Kier alpha value is -2.55. The van der Waals surface area contributed by atoms with Crippen molar-refractivity contribution in [1.29, 1.82) is 0 Å². The zero-order valence-corrected chi connectivity index (χ0v) is 11.7. The molecule has 21 heavy (non-hydrogen) atoms. The number of benzene rings is 1. The smallest absolute Gasteiger partial charge is 0.272 e. The molecule has 0 aliphatic rings. The molecular formula is C15H12ClN3O2. The van der Waals surface area contributed by atoms with Crippen molar-refractivity contribution in [1.82, 2.24) is 4.98 Å². The summed E-state index contributed by atoms with van der Waals surface area (Å²) in [5.74, 6) is 5.10. The van der Waals surface area contributed by atoms with Gasteiger partial charge in [-0.15, -0.1) is 0 Å². The van der Waals surface area contributed by atoms with Gasteiger partial charge in [0.2, 0.25) is 5.56 Å². The normalized spacial score (nSPS) is 9.62. The Balaban J connectivity index is 2.31. The van der Waals surface area contributed by atoms with E-state index in [0.717, 1.165) is 0 Å². The van der Waals surface area contributed by atoms with Gasteiger partial charge in [-0.3, -0.25) is 9.59 Å². The van der Waals surface area contributed by atoms with Crippen molar-refractivity contribution in [2.75, 3.05) is 11.9 Å². The lowest BCUT2D eigenvalue weighted by Gasteiger charge is -2.08. The Morgan fingerprint density at radius 3 is 2.86 bits per heavy atom. The largest absolute Gasteiger partial charge is 0.320 e. The third-order valence-electron chi connectivity index (χ3n) is 2.57. The summed E-state index contributed by atoms with van der Waals surface area (Å²) in [5, 5.41) is 3.18. The average Bonchev–Trinajstić information content (AvgIpc) is 2.47. The van der Waals surface area contributed by atoms with Gasteiger partial charge in [0.05, 0.1) is 12.2 Å². The number of halogens is 1. The summed E-state index contributed by atoms with van der Waals surface area (Å²) in [6.45, 7) is 0.200. The van der Waals surface area contributed by atoms with E-state index in [4.69, 9.17) is 17.3 Å². The third-order valence-corrected chi connectivity index (χ3v) is 2.80. The fourth-order valence-corrected chi connectivity index (χ4v) is 1.82. The van der Waals surface area contributed by atoms with Gasteiger partial charge in [-0.1, -0.05) is 29.5 Å². The minimum atomic E-state index is -0.439. The van der Waals surface area contributed by atoms with E-state index in [9.17, 15) is 9.59 Å².